The molecule has 0 spiro atoms. The number of amides is 4. The number of hydrogen-bond acceptors (Lipinski definition) is 10. The number of benzene rings is 1. The standard InChI is InChI=1S/C39H54F2N10O6/c1-26(2)36(55)32(7-5-13-45-38(43)48(3)4)47-33(52)10-11-34(53)50-18-16-49(17-19-50)15-6-20-57-28-8-9-31-30(21-28)29(12-14-44-31)37(56)46-24-35(54)51-25-39(40,41)22-27(51)23-42/h8-9,12,14,21,26-27,32H,5-7,10-11,13,15-20,22,24-25H2,1-4H3,(H2,43,45)(H,46,56)(H,47,52)/t27-,32-/m0/s1. The predicted octanol–water partition coefficient (Wildman–Crippen LogP) is 1.78. The second-order valence-corrected chi connectivity index (χ2v) is 14.8. The number of halogens is 2. The van der Waals surface area contributed by atoms with Crippen molar-refractivity contribution in [1.82, 2.24) is 35.2 Å². The molecule has 16 nitrogen and oxygen atoms in total. The minimum atomic E-state index is -3.15. The summed E-state index contributed by atoms with van der Waals surface area (Å²) in [6, 6.07) is 6.43. The zero-order valence-electron chi connectivity index (χ0n) is 33.1. The number of carbonyl (C=O) groups excluding carboxylic acids is 5. The Labute approximate surface area is 331 Å². The van der Waals surface area contributed by atoms with Crippen LogP contribution in [0.3, 0.4) is 0 Å². The first-order valence-electron chi connectivity index (χ1n) is 19.3. The number of aliphatic imine (C=N–C) groups is 1. The number of alkyl halides is 2. The van der Waals surface area contributed by atoms with Crippen molar-refractivity contribution in [3.05, 3.63) is 36.0 Å². The maximum Gasteiger partial charge on any atom is 0.268 e. The van der Waals surface area contributed by atoms with Crippen LogP contribution in [0.1, 0.15) is 62.7 Å². The van der Waals surface area contributed by atoms with Gasteiger partial charge in [-0.05, 0) is 43.5 Å². The number of ketones is 1. The van der Waals surface area contributed by atoms with Crippen LogP contribution in [0.25, 0.3) is 10.9 Å². The van der Waals surface area contributed by atoms with Gasteiger partial charge in [0.25, 0.3) is 11.8 Å². The lowest BCUT2D eigenvalue weighted by Gasteiger charge is -2.34. The van der Waals surface area contributed by atoms with Gasteiger partial charge in [-0.1, -0.05) is 13.8 Å². The van der Waals surface area contributed by atoms with E-state index in [1.807, 2.05) is 0 Å². The second kappa shape index (κ2) is 20.6. The quantitative estimate of drug-likeness (QED) is 0.113. The molecule has 0 radical (unpaired) electrons. The molecule has 3 heterocycles. The van der Waals surface area contributed by atoms with Crippen molar-refractivity contribution in [3.63, 3.8) is 0 Å². The maximum absolute atomic E-state index is 13.8. The molecular weight excluding hydrogens is 742 g/mol. The molecule has 2 aliphatic rings. The molecule has 0 bridgehead atoms. The van der Waals surface area contributed by atoms with Crippen LogP contribution in [0.4, 0.5) is 8.78 Å². The lowest BCUT2D eigenvalue weighted by atomic mass is 9.97. The van der Waals surface area contributed by atoms with Crippen molar-refractivity contribution in [2.45, 2.75) is 70.4 Å². The number of Topliss-reactive ketones (excluding diaryl/α,β-unsaturated/α-hetero) is 1. The zero-order chi connectivity index (χ0) is 41.7. The molecule has 1 aromatic heterocycles. The van der Waals surface area contributed by atoms with E-state index in [9.17, 15) is 38.0 Å². The molecule has 0 aliphatic carbocycles. The third kappa shape index (κ3) is 13.1. The topological polar surface area (TPSA) is 207 Å². The van der Waals surface area contributed by atoms with E-state index < -0.39 is 49.3 Å². The number of rotatable bonds is 18. The van der Waals surface area contributed by atoms with Crippen LogP contribution >= 0.6 is 0 Å². The molecule has 0 saturated carbocycles. The van der Waals surface area contributed by atoms with E-state index in [-0.39, 0.29) is 41.9 Å². The number of nitriles is 1. The van der Waals surface area contributed by atoms with Crippen LogP contribution < -0.4 is 21.1 Å². The van der Waals surface area contributed by atoms with Gasteiger partial charge in [0, 0.05) is 90.1 Å². The molecule has 18 heteroatoms. The number of likely N-dealkylation sites (tertiary alicyclic amines) is 1. The van der Waals surface area contributed by atoms with E-state index >= 15 is 0 Å². The molecule has 1 aromatic carbocycles. The largest absolute Gasteiger partial charge is 0.494 e. The fraction of sp³-hybridized carbons (Fsp3) is 0.590. The molecule has 2 atom stereocenters. The number of ether oxygens (including phenoxy) is 1. The van der Waals surface area contributed by atoms with E-state index in [0.717, 1.165) is 11.4 Å². The van der Waals surface area contributed by atoms with Gasteiger partial charge < -0.3 is 35.8 Å². The van der Waals surface area contributed by atoms with Gasteiger partial charge in [0.05, 0.1) is 42.9 Å². The lowest BCUT2D eigenvalue weighted by Crippen LogP contribution is -2.49. The number of nitrogens with one attached hydrogen (secondary N) is 2. The summed E-state index contributed by atoms with van der Waals surface area (Å²) in [5.74, 6) is -4.38. The van der Waals surface area contributed by atoms with Crippen molar-refractivity contribution < 1.29 is 37.5 Å². The Bertz CT molecular complexity index is 1830. The summed E-state index contributed by atoms with van der Waals surface area (Å²) in [5.41, 5.74) is 6.57. The molecule has 2 aliphatic heterocycles. The van der Waals surface area contributed by atoms with Crippen LogP contribution in [-0.2, 0) is 19.2 Å². The van der Waals surface area contributed by atoms with Crippen LogP contribution in [0.15, 0.2) is 35.5 Å². The molecule has 4 rings (SSSR count). The monoisotopic (exact) mass is 796 g/mol. The Hall–Kier alpha value is -5.44. The summed E-state index contributed by atoms with van der Waals surface area (Å²) in [7, 11) is 3.58. The average molecular weight is 797 g/mol. The van der Waals surface area contributed by atoms with E-state index in [4.69, 9.17) is 10.5 Å². The van der Waals surface area contributed by atoms with Crippen molar-refractivity contribution in [1.29, 1.82) is 5.26 Å². The summed E-state index contributed by atoms with van der Waals surface area (Å²) < 4.78 is 33.5. The molecule has 2 aromatic rings. The highest BCUT2D eigenvalue weighted by Gasteiger charge is 2.47. The summed E-state index contributed by atoms with van der Waals surface area (Å²) in [5, 5.41) is 15.0. The molecule has 2 fully saturated rings. The Morgan fingerprint density at radius 2 is 1.82 bits per heavy atom. The van der Waals surface area contributed by atoms with E-state index in [2.05, 4.69) is 25.5 Å². The van der Waals surface area contributed by atoms with Crippen LogP contribution in [0.2, 0.25) is 0 Å². The Morgan fingerprint density at radius 3 is 2.51 bits per heavy atom. The van der Waals surface area contributed by atoms with E-state index in [0.29, 0.717) is 81.2 Å². The third-order valence-corrected chi connectivity index (χ3v) is 9.91. The highest BCUT2D eigenvalue weighted by Crippen LogP contribution is 2.31. The van der Waals surface area contributed by atoms with Gasteiger partial charge in [-0.3, -0.25) is 38.8 Å². The number of guanidine groups is 1. The maximum atomic E-state index is 13.8. The number of fused-ring (bicyclic) bond motifs is 1. The lowest BCUT2D eigenvalue weighted by molar-refractivity contribution is -0.135. The van der Waals surface area contributed by atoms with Gasteiger partial charge >= 0.3 is 0 Å². The van der Waals surface area contributed by atoms with E-state index in [1.165, 1.54) is 12.3 Å². The zero-order valence-corrected chi connectivity index (χ0v) is 33.1. The molecule has 4 N–H and O–H groups in total. The van der Waals surface area contributed by atoms with E-state index in [1.54, 1.807) is 62.0 Å². The molecule has 2 saturated heterocycles. The predicted molar refractivity (Wildman–Crippen MR) is 208 cm³/mol. The first kappa shape index (κ1) is 44.3. The number of carbonyl (C=O) groups is 5. The minimum Gasteiger partial charge on any atom is -0.494 e. The third-order valence-electron chi connectivity index (χ3n) is 9.91. The van der Waals surface area contributed by atoms with Crippen molar-refractivity contribution in [2.75, 3.05) is 73.1 Å². The smallest absolute Gasteiger partial charge is 0.268 e. The van der Waals surface area contributed by atoms with Gasteiger partial charge in [-0.25, -0.2) is 8.78 Å². The number of piperazine rings is 1. The summed E-state index contributed by atoms with van der Waals surface area (Å²) in [6.45, 7) is 6.12. The highest BCUT2D eigenvalue weighted by molar-refractivity contribution is 6.07. The Morgan fingerprint density at radius 1 is 1.09 bits per heavy atom. The molecule has 0 unspecified atom stereocenters. The van der Waals surface area contributed by atoms with Gasteiger partial charge in [0.1, 0.15) is 11.8 Å². The molecule has 4 amide bonds. The first-order chi connectivity index (χ1) is 27.1. The Balaban J connectivity index is 1.17. The Kier molecular flexibility index (Phi) is 16.0. The van der Waals surface area contributed by atoms with Crippen molar-refractivity contribution >= 4 is 46.3 Å². The fourth-order valence-electron chi connectivity index (χ4n) is 6.62. The van der Waals surface area contributed by atoms with Crippen molar-refractivity contribution in [3.8, 4) is 11.8 Å². The van der Waals surface area contributed by atoms with Crippen LogP contribution in [0, 0.1) is 17.2 Å². The number of aromatic nitrogens is 1. The number of hydrogen-bond donors (Lipinski definition) is 3. The van der Waals surface area contributed by atoms with Gasteiger partial charge in [0.15, 0.2) is 11.7 Å². The van der Waals surface area contributed by atoms with Crippen LogP contribution in [0.5, 0.6) is 5.75 Å². The number of pyridine rings is 1. The molecule has 57 heavy (non-hydrogen) atoms. The summed E-state index contributed by atoms with van der Waals surface area (Å²) in [6.07, 6.45) is 2.46. The number of nitrogens with two attached hydrogens (primary N) is 1. The van der Waals surface area contributed by atoms with Gasteiger partial charge in [-0.2, -0.15) is 5.26 Å². The highest BCUT2D eigenvalue weighted by atomic mass is 19.3. The summed E-state index contributed by atoms with van der Waals surface area (Å²) >= 11 is 0. The number of nitrogens with zero attached hydrogens (tertiary/aromatic N) is 7. The molecule has 310 valence electrons. The van der Waals surface area contributed by atoms with Crippen molar-refractivity contribution in [2.24, 2.45) is 16.6 Å². The summed E-state index contributed by atoms with van der Waals surface area (Å²) in [4.78, 5) is 79.1. The second-order valence-electron chi connectivity index (χ2n) is 14.8. The van der Waals surface area contributed by atoms with Gasteiger partial charge in [-0.15, -0.1) is 0 Å². The SMILES string of the molecule is CC(C)C(=O)[C@H](CCCN=C(N)N(C)C)NC(=O)CCC(=O)N1CCN(CCCOc2ccc3nccc(C(=O)NCC(=O)N4CC(F)(F)C[C@H]4C#N)c3c2)CC1. The normalized spacial score (nSPS) is 17.6. The fourth-order valence-corrected chi connectivity index (χ4v) is 6.62. The minimum absolute atomic E-state index is 0.00706. The average Bonchev–Trinajstić information content (AvgIpc) is 3.52. The van der Waals surface area contributed by atoms with Crippen LogP contribution in [-0.4, -0.2) is 151 Å². The molecular formula is C39H54F2N10O6. The van der Waals surface area contributed by atoms with Gasteiger partial charge in [0.2, 0.25) is 17.7 Å². The first-order valence-corrected chi connectivity index (χ1v) is 19.3.